The molecule has 2 aromatic rings. The van der Waals surface area contributed by atoms with Crippen LogP contribution in [0.4, 0.5) is 0 Å². The van der Waals surface area contributed by atoms with Crippen LogP contribution in [-0.4, -0.2) is 48.1 Å². The van der Waals surface area contributed by atoms with Gasteiger partial charge >= 0.3 is 13.7 Å². The van der Waals surface area contributed by atoms with Crippen molar-refractivity contribution in [3.05, 3.63) is 59.7 Å². The Morgan fingerprint density at radius 2 is 1.54 bits per heavy atom. The van der Waals surface area contributed by atoms with Gasteiger partial charge < -0.3 is 25.2 Å². The second-order valence-corrected chi connectivity index (χ2v) is 11.8. The molecule has 3 atom stereocenters. The van der Waals surface area contributed by atoms with Gasteiger partial charge in [-0.2, -0.15) is 5.09 Å². The standard InChI is InChI=1S/C29H45N2O7P/c1-4-5-6-7-8-9-10-24-11-13-25(14-12-24)19-20-29(30,21-32)22-37-39(35,31-23(2)28(33)34)38-27-17-15-26(36-3)16-18-27/h11-18,23,32H,4-10,19-22,30H2,1-3H3,(H,31,35)(H,33,34)/t23-,29?,39?/m0/s1. The first-order valence-electron chi connectivity index (χ1n) is 13.7. The number of nitrogens with one attached hydrogen (secondary N) is 1. The second kappa shape index (κ2) is 16.6. The molecule has 0 spiro atoms. The van der Waals surface area contributed by atoms with Gasteiger partial charge in [0.15, 0.2) is 0 Å². The zero-order valence-corrected chi connectivity index (χ0v) is 24.3. The molecule has 9 nitrogen and oxygen atoms in total. The van der Waals surface area contributed by atoms with Crippen LogP contribution in [0.3, 0.4) is 0 Å². The Bertz CT molecular complexity index is 1030. The first kappa shape index (κ1) is 32.8. The molecule has 218 valence electrons. The van der Waals surface area contributed by atoms with Crippen molar-refractivity contribution in [3.8, 4) is 11.5 Å². The molecule has 0 aromatic heterocycles. The molecule has 2 unspecified atom stereocenters. The molecule has 0 bridgehead atoms. The van der Waals surface area contributed by atoms with Crippen molar-refractivity contribution in [2.75, 3.05) is 20.3 Å². The number of carboxylic acid groups (broad SMARTS) is 1. The van der Waals surface area contributed by atoms with Crippen LogP contribution in [0.25, 0.3) is 0 Å². The van der Waals surface area contributed by atoms with Crippen molar-refractivity contribution < 1.29 is 33.4 Å². The molecule has 0 aliphatic heterocycles. The summed E-state index contributed by atoms with van der Waals surface area (Å²) in [4.78, 5) is 11.4. The number of benzene rings is 2. The summed E-state index contributed by atoms with van der Waals surface area (Å²) in [6, 6.07) is 13.5. The quantitative estimate of drug-likeness (QED) is 0.121. The van der Waals surface area contributed by atoms with E-state index in [4.69, 9.17) is 19.5 Å². The molecular formula is C29H45N2O7P. The third-order valence-corrected chi connectivity index (χ3v) is 8.22. The van der Waals surface area contributed by atoms with Crippen LogP contribution in [0.5, 0.6) is 11.5 Å². The number of rotatable bonds is 20. The third kappa shape index (κ3) is 12.1. The van der Waals surface area contributed by atoms with Gasteiger partial charge in [-0.1, -0.05) is 63.3 Å². The lowest BCUT2D eigenvalue weighted by atomic mass is 9.93. The maximum absolute atomic E-state index is 13.5. The lowest BCUT2D eigenvalue weighted by molar-refractivity contribution is -0.138. The molecule has 0 saturated carbocycles. The number of hydrogen-bond donors (Lipinski definition) is 4. The van der Waals surface area contributed by atoms with Crippen molar-refractivity contribution in [1.29, 1.82) is 0 Å². The fourth-order valence-electron chi connectivity index (χ4n) is 3.94. The molecule has 0 aliphatic carbocycles. The number of aliphatic hydroxyl groups is 1. The van der Waals surface area contributed by atoms with Gasteiger partial charge in [0, 0.05) is 0 Å². The summed E-state index contributed by atoms with van der Waals surface area (Å²) in [6.07, 6.45) is 9.59. The smallest absolute Gasteiger partial charge is 0.459 e. The van der Waals surface area contributed by atoms with E-state index in [1.54, 1.807) is 12.1 Å². The number of unbranched alkanes of at least 4 members (excludes halogenated alkanes) is 5. The van der Waals surface area contributed by atoms with Crippen LogP contribution < -0.4 is 20.1 Å². The Balaban J connectivity index is 1.96. The second-order valence-electron chi connectivity index (χ2n) is 10.1. The van der Waals surface area contributed by atoms with Gasteiger partial charge in [0.05, 0.1) is 25.9 Å². The monoisotopic (exact) mass is 564 g/mol. The molecule has 0 aliphatic rings. The number of carbonyl (C=O) groups is 1. The number of carboxylic acids is 1. The predicted molar refractivity (Wildman–Crippen MR) is 153 cm³/mol. The number of ether oxygens (including phenoxy) is 1. The number of nitrogens with two attached hydrogens (primary N) is 1. The zero-order valence-electron chi connectivity index (χ0n) is 23.4. The number of hydrogen-bond acceptors (Lipinski definition) is 7. The highest BCUT2D eigenvalue weighted by Gasteiger charge is 2.35. The highest BCUT2D eigenvalue weighted by molar-refractivity contribution is 7.52. The first-order chi connectivity index (χ1) is 18.6. The normalized spacial score (nSPS) is 15.2. The highest BCUT2D eigenvalue weighted by atomic mass is 31.2. The summed E-state index contributed by atoms with van der Waals surface area (Å²) in [5.41, 5.74) is 7.56. The molecule has 5 N–H and O–H groups in total. The maximum atomic E-state index is 13.5. The summed E-state index contributed by atoms with van der Waals surface area (Å²) in [5, 5.41) is 21.8. The van der Waals surface area contributed by atoms with E-state index in [1.807, 2.05) is 0 Å². The molecule has 0 saturated heterocycles. The van der Waals surface area contributed by atoms with Gasteiger partial charge in [-0.05, 0) is 68.0 Å². The van der Waals surface area contributed by atoms with E-state index >= 15 is 0 Å². The van der Waals surface area contributed by atoms with Gasteiger partial charge in [-0.25, -0.2) is 4.57 Å². The molecule has 0 fully saturated rings. The van der Waals surface area contributed by atoms with Crippen LogP contribution in [0.1, 0.15) is 69.9 Å². The molecule has 10 heteroatoms. The van der Waals surface area contributed by atoms with Crippen LogP contribution in [-0.2, 0) is 26.7 Å². The lowest BCUT2D eigenvalue weighted by Gasteiger charge is -2.30. The lowest BCUT2D eigenvalue weighted by Crippen LogP contribution is -2.49. The van der Waals surface area contributed by atoms with Crippen LogP contribution in [0.2, 0.25) is 0 Å². The largest absolute Gasteiger partial charge is 0.497 e. The molecular weight excluding hydrogens is 519 g/mol. The Kier molecular flexibility index (Phi) is 14.0. The molecule has 0 radical (unpaired) electrons. The fraction of sp³-hybridized carbons (Fsp3) is 0.552. The topological polar surface area (TPSA) is 140 Å². The first-order valence-corrected chi connectivity index (χ1v) is 15.2. The van der Waals surface area contributed by atoms with Crippen molar-refractivity contribution >= 4 is 13.7 Å². The summed E-state index contributed by atoms with van der Waals surface area (Å²) < 4.78 is 29.8. The molecule has 39 heavy (non-hydrogen) atoms. The van der Waals surface area contributed by atoms with E-state index in [9.17, 15) is 19.6 Å². The van der Waals surface area contributed by atoms with Crippen molar-refractivity contribution in [3.63, 3.8) is 0 Å². The van der Waals surface area contributed by atoms with Gasteiger partial charge in [-0.3, -0.25) is 9.32 Å². The Hall–Kier alpha value is -2.42. The Morgan fingerprint density at radius 1 is 0.974 bits per heavy atom. The van der Waals surface area contributed by atoms with Gasteiger partial charge in [0.2, 0.25) is 0 Å². The summed E-state index contributed by atoms with van der Waals surface area (Å²) in [7, 11) is -2.66. The number of aryl methyl sites for hydroxylation is 2. The van der Waals surface area contributed by atoms with E-state index in [1.165, 1.54) is 70.3 Å². The third-order valence-electron chi connectivity index (χ3n) is 6.60. The van der Waals surface area contributed by atoms with E-state index < -0.39 is 31.9 Å². The minimum Gasteiger partial charge on any atom is -0.497 e. The average Bonchev–Trinajstić information content (AvgIpc) is 2.93. The fourth-order valence-corrected chi connectivity index (χ4v) is 5.53. The summed E-state index contributed by atoms with van der Waals surface area (Å²) >= 11 is 0. The van der Waals surface area contributed by atoms with Crippen molar-refractivity contribution in [1.82, 2.24) is 5.09 Å². The maximum Gasteiger partial charge on any atom is 0.459 e. The Labute approximate surface area is 232 Å². The molecule has 2 rings (SSSR count). The van der Waals surface area contributed by atoms with E-state index in [2.05, 4.69) is 36.3 Å². The minimum atomic E-state index is -4.17. The highest BCUT2D eigenvalue weighted by Crippen LogP contribution is 2.45. The molecule has 2 aromatic carbocycles. The van der Waals surface area contributed by atoms with Gasteiger partial charge in [0.25, 0.3) is 0 Å². The summed E-state index contributed by atoms with van der Waals surface area (Å²) in [5.74, 6) is -0.461. The number of methoxy groups -OCH3 is 1. The SMILES string of the molecule is CCCCCCCCc1ccc(CCC(N)(CO)COP(=O)(N[C@@H](C)C(=O)O)Oc2ccc(OC)cc2)cc1. The average molecular weight is 565 g/mol. The van der Waals surface area contributed by atoms with Crippen LogP contribution >= 0.6 is 7.75 Å². The van der Waals surface area contributed by atoms with E-state index in [-0.39, 0.29) is 12.4 Å². The van der Waals surface area contributed by atoms with Gasteiger partial charge in [-0.15, -0.1) is 0 Å². The van der Waals surface area contributed by atoms with Gasteiger partial charge in [0.1, 0.15) is 17.5 Å². The summed E-state index contributed by atoms with van der Waals surface area (Å²) in [6.45, 7) is 2.82. The number of aliphatic hydroxyl groups excluding tert-OH is 1. The molecule has 0 amide bonds. The zero-order chi connectivity index (χ0) is 28.7. The predicted octanol–water partition coefficient (Wildman–Crippen LogP) is 5.49. The number of aliphatic carboxylic acids is 1. The van der Waals surface area contributed by atoms with Crippen molar-refractivity contribution in [2.45, 2.75) is 83.2 Å². The van der Waals surface area contributed by atoms with Crippen LogP contribution in [0.15, 0.2) is 48.5 Å². The molecule has 0 heterocycles. The van der Waals surface area contributed by atoms with E-state index in [0.29, 0.717) is 18.6 Å². The Morgan fingerprint density at radius 3 is 2.10 bits per heavy atom. The van der Waals surface area contributed by atoms with Crippen molar-refractivity contribution in [2.24, 2.45) is 5.73 Å². The minimum absolute atomic E-state index is 0.192. The van der Waals surface area contributed by atoms with E-state index in [0.717, 1.165) is 12.0 Å². The van der Waals surface area contributed by atoms with Crippen LogP contribution in [0, 0.1) is 0 Å².